The molecule has 148 valence electrons. The van der Waals surface area contributed by atoms with Crippen LogP contribution in [-0.4, -0.2) is 31.6 Å². The predicted octanol–water partition coefficient (Wildman–Crippen LogP) is 4.83. The van der Waals surface area contributed by atoms with Crippen LogP contribution in [0.2, 0.25) is 0 Å². The molecule has 0 unspecified atom stereocenters. The summed E-state index contributed by atoms with van der Waals surface area (Å²) in [7, 11) is 0. The zero-order valence-electron chi connectivity index (χ0n) is 15.9. The van der Waals surface area contributed by atoms with E-state index in [0.717, 1.165) is 42.5 Å². The minimum Gasteiger partial charge on any atom is -0.371 e. The van der Waals surface area contributed by atoms with Gasteiger partial charge in [0, 0.05) is 41.2 Å². The Morgan fingerprint density at radius 1 is 1.00 bits per heavy atom. The Morgan fingerprint density at radius 3 is 2.32 bits per heavy atom. The van der Waals surface area contributed by atoms with Crippen LogP contribution in [0.1, 0.15) is 36.5 Å². The molecule has 1 heterocycles. The summed E-state index contributed by atoms with van der Waals surface area (Å²) in [4.78, 5) is 27.2. The number of rotatable bonds is 6. The molecule has 1 saturated heterocycles. The van der Waals surface area contributed by atoms with Gasteiger partial charge >= 0.3 is 6.03 Å². The Kier molecular flexibility index (Phi) is 6.92. The van der Waals surface area contributed by atoms with E-state index in [1.54, 1.807) is 6.07 Å². The first-order valence-corrected chi connectivity index (χ1v) is 10.4. The fraction of sp³-hybridized carbons (Fsp3) is 0.333. The van der Waals surface area contributed by atoms with Gasteiger partial charge in [-0.25, -0.2) is 4.79 Å². The SMILES string of the molecule is CCCNC(=O)c1cc(NC(=O)Nc2ccc(Br)cc2)ccc1N1CCCC1. The highest BCUT2D eigenvalue weighted by molar-refractivity contribution is 9.10. The Bertz CT molecular complexity index is 833. The Morgan fingerprint density at radius 2 is 1.64 bits per heavy atom. The monoisotopic (exact) mass is 444 g/mol. The number of nitrogens with zero attached hydrogens (tertiary/aromatic N) is 1. The van der Waals surface area contributed by atoms with E-state index in [2.05, 4.69) is 36.8 Å². The van der Waals surface area contributed by atoms with Crippen molar-refractivity contribution in [3.8, 4) is 0 Å². The lowest BCUT2D eigenvalue weighted by Crippen LogP contribution is -2.28. The van der Waals surface area contributed by atoms with Crippen LogP contribution in [-0.2, 0) is 0 Å². The van der Waals surface area contributed by atoms with Crippen molar-refractivity contribution in [3.05, 3.63) is 52.5 Å². The van der Waals surface area contributed by atoms with E-state index in [1.807, 2.05) is 43.3 Å². The van der Waals surface area contributed by atoms with Crippen molar-refractivity contribution >= 4 is 44.9 Å². The van der Waals surface area contributed by atoms with Crippen LogP contribution < -0.4 is 20.9 Å². The fourth-order valence-corrected chi connectivity index (χ4v) is 3.45. The maximum atomic E-state index is 12.7. The van der Waals surface area contributed by atoms with Crippen molar-refractivity contribution in [3.63, 3.8) is 0 Å². The Balaban J connectivity index is 1.75. The van der Waals surface area contributed by atoms with Gasteiger partial charge in [-0.05, 0) is 61.7 Å². The maximum Gasteiger partial charge on any atom is 0.323 e. The van der Waals surface area contributed by atoms with Gasteiger partial charge in [-0.2, -0.15) is 0 Å². The standard InChI is InChI=1S/C21H25BrN4O2/c1-2-11-23-20(27)18-14-17(9-10-19(18)26-12-3-4-13-26)25-21(28)24-16-7-5-15(22)6-8-16/h5-10,14H,2-4,11-13H2,1H3,(H,23,27)(H2,24,25,28). The van der Waals surface area contributed by atoms with E-state index in [1.165, 1.54) is 0 Å². The summed E-state index contributed by atoms with van der Waals surface area (Å²) in [5.41, 5.74) is 2.79. The van der Waals surface area contributed by atoms with E-state index in [9.17, 15) is 9.59 Å². The van der Waals surface area contributed by atoms with E-state index < -0.39 is 0 Å². The molecule has 3 amide bonds. The summed E-state index contributed by atoms with van der Waals surface area (Å²) >= 11 is 3.37. The van der Waals surface area contributed by atoms with Gasteiger partial charge in [-0.1, -0.05) is 22.9 Å². The zero-order valence-corrected chi connectivity index (χ0v) is 17.5. The van der Waals surface area contributed by atoms with Crippen LogP contribution in [0.3, 0.4) is 0 Å². The van der Waals surface area contributed by atoms with Crippen LogP contribution >= 0.6 is 15.9 Å². The topological polar surface area (TPSA) is 73.5 Å². The van der Waals surface area contributed by atoms with E-state index in [4.69, 9.17) is 0 Å². The third kappa shape index (κ3) is 5.25. The number of anilines is 3. The number of halogens is 1. The van der Waals surface area contributed by atoms with Gasteiger partial charge in [0.05, 0.1) is 5.56 Å². The Hall–Kier alpha value is -2.54. The second kappa shape index (κ2) is 9.59. The fourth-order valence-electron chi connectivity index (χ4n) is 3.19. The van der Waals surface area contributed by atoms with Crippen LogP contribution in [0.15, 0.2) is 46.9 Å². The van der Waals surface area contributed by atoms with Crippen LogP contribution in [0.5, 0.6) is 0 Å². The van der Waals surface area contributed by atoms with Crippen molar-refractivity contribution in [2.75, 3.05) is 35.2 Å². The van der Waals surface area contributed by atoms with Gasteiger partial charge in [-0.15, -0.1) is 0 Å². The van der Waals surface area contributed by atoms with Crippen LogP contribution in [0, 0.1) is 0 Å². The molecule has 2 aromatic rings. The number of benzene rings is 2. The summed E-state index contributed by atoms with van der Waals surface area (Å²) in [6.07, 6.45) is 3.13. The van der Waals surface area contributed by atoms with E-state index in [0.29, 0.717) is 23.5 Å². The number of hydrogen-bond donors (Lipinski definition) is 3. The van der Waals surface area contributed by atoms with Crippen molar-refractivity contribution in [1.29, 1.82) is 0 Å². The first kappa shape index (κ1) is 20.2. The second-order valence-electron chi connectivity index (χ2n) is 6.77. The van der Waals surface area contributed by atoms with Gasteiger partial charge < -0.3 is 20.9 Å². The molecule has 0 atom stereocenters. The summed E-state index contributed by atoms with van der Waals surface area (Å²) in [6, 6.07) is 12.5. The Labute approximate surface area is 173 Å². The van der Waals surface area contributed by atoms with Crippen LogP contribution in [0.4, 0.5) is 21.9 Å². The summed E-state index contributed by atoms with van der Waals surface area (Å²) in [5.74, 6) is -0.110. The molecule has 0 aliphatic carbocycles. The highest BCUT2D eigenvalue weighted by Crippen LogP contribution is 2.27. The zero-order chi connectivity index (χ0) is 19.9. The molecule has 1 fully saturated rings. The molecule has 0 spiro atoms. The summed E-state index contributed by atoms with van der Waals surface area (Å²) in [6.45, 7) is 4.54. The third-order valence-corrected chi connectivity index (χ3v) is 5.11. The molecule has 7 heteroatoms. The molecular weight excluding hydrogens is 420 g/mol. The molecule has 0 radical (unpaired) electrons. The molecule has 2 aromatic carbocycles. The largest absolute Gasteiger partial charge is 0.371 e. The van der Waals surface area contributed by atoms with Gasteiger partial charge in [0.1, 0.15) is 0 Å². The first-order valence-electron chi connectivity index (χ1n) is 9.57. The van der Waals surface area contributed by atoms with Gasteiger partial charge in [-0.3, -0.25) is 4.79 Å². The average Bonchev–Trinajstić information content (AvgIpc) is 3.22. The lowest BCUT2D eigenvalue weighted by atomic mass is 10.1. The minimum atomic E-state index is -0.351. The van der Waals surface area contributed by atoms with Crippen molar-refractivity contribution in [2.45, 2.75) is 26.2 Å². The number of hydrogen-bond acceptors (Lipinski definition) is 3. The summed E-state index contributed by atoms with van der Waals surface area (Å²) < 4.78 is 0.943. The van der Waals surface area contributed by atoms with Gasteiger partial charge in [0.25, 0.3) is 5.91 Å². The van der Waals surface area contributed by atoms with Gasteiger partial charge in [0.2, 0.25) is 0 Å². The number of urea groups is 1. The van der Waals surface area contributed by atoms with Crippen molar-refractivity contribution in [2.24, 2.45) is 0 Å². The molecule has 1 aliphatic heterocycles. The van der Waals surface area contributed by atoms with Gasteiger partial charge in [0.15, 0.2) is 0 Å². The number of amides is 3. The lowest BCUT2D eigenvalue weighted by molar-refractivity contribution is 0.0954. The molecule has 6 nitrogen and oxygen atoms in total. The quantitative estimate of drug-likeness (QED) is 0.596. The molecular formula is C21H25BrN4O2. The first-order chi connectivity index (χ1) is 13.6. The molecule has 0 saturated carbocycles. The number of carbonyl (C=O) groups excluding carboxylic acids is 2. The van der Waals surface area contributed by atoms with E-state index in [-0.39, 0.29) is 11.9 Å². The molecule has 28 heavy (non-hydrogen) atoms. The van der Waals surface area contributed by atoms with Crippen LogP contribution in [0.25, 0.3) is 0 Å². The molecule has 1 aliphatic rings. The van der Waals surface area contributed by atoms with Crippen molar-refractivity contribution in [1.82, 2.24) is 5.32 Å². The molecule has 3 rings (SSSR count). The molecule has 0 bridgehead atoms. The van der Waals surface area contributed by atoms with E-state index >= 15 is 0 Å². The predicted molar refractivity (Wildman–Crippen MR) is 117 cm³/mol. The lowest BCUT2D eigenvalue weighted by Gasteiger charge is -2.22. The number of nitrogens with one attached hydrogen (secondary N) is 3. The molecule has 0 aromatic heterocycles. The summed E-state index contributed by atoms with van der Waals surface area (Å²) in [5, 5.41) is 8.54. The highest BCUT2D eigenvalue weighted by atomic mass is 79.9. The molecule has 3 N–H and O–H groups in total. The highest BCUT2D eigenvalue weighted by Gasteiger charge is 2.20. The minimum absolute atomic E-state index is 0.110. The number of carbonyl (C=O) groups is 2. The average molecular weight is 445 g/mol. The maximum absolute atomic E-state index is 12.7. The normalized spacial score (nSPS) is 13.3. The van der Waals surface area contributed by atoms with Crippen molar-refractivity contribution < 1.29 is 9.59 Å². The third-order valence-electron chi connectivity index (χ3n) is 4.58. The second-order valence-corrected chi connectivity index (χ2v) is 7.68. The smallest absolute Gasteiger partial charge is 0.323 e.